The minimum atomic E-state index is -1.08. The molecule has 1 amide bonds. The van der Waals surface area contributed by atoms with Gasteiger partial charge in [0.25, 0.3) is 0 Å². The number of nitrogens with zero attached hydrogens (tertiary/aromatic N) is 2. The number of aromatic nitrogens is 1. The van der Waals surface area contributed by atoms with Gasteiger partial charge in [0.1, 0.15) is 11.3 Å². The van der Waals surface area contributed by atoms with Crippen LogP contribution in [0.5, 0.6) is 17.2 Å². The van der Waals surface area contributed by atoms with Crippen molar-refractivity contribution in [2.24, 2.45) is 11.8 Å². The van der Waals surface area contributed by atoms with E-state index < -0.39 is 23.9 Å². The average molecular weight is 774 g/mol. The molecule has 12 heteroatoms. The van der Waals surface area contributed by atoms with Gasteiger partial charge in [-0.3, -0.25) is 4.98 Å². The summed E-state index contributed by atoms with van der Waals surface area (Å²) in [5.41, 5.74) is 4.45. The van der Waals surface area contributed by atoms with Gasteiger partial charge in [-0.15, -0.1) is 0 Å². The monoisotopic (exact) mass is 773 g/mol. The van der Waals surface area contributed by atoms with E-state index in [2.05, 4.69) is 36.3 Å². The predicted octanol–water partition coefficient (Wildman–Crippen LogP) is 8.20. The molecule has 1 spiro atoms. The molecule has 3 heterocycles. The third-order valence-electron chi connectivity index (χ3n) is 12.6. The molecule has 5 aliphatic rings. The van der Waals surface area contributed by atoms with Crippen molar-refractivity contribution in [3.05, 3.63) is 76.1 Å². The first kappa shape index (κ1) is 37.7. The first-order valence-corrected chi connectivity index (χ1v) is 20.3. The Kier molecular flexibility index (Phi) is 10.8. The van der Waals surface area contributed by atoms with Gasteiger partial charge in [0.05, 0.1) is 19.8 Å². The van der Waals surface area contributed by atoms with Crippen molar-refractivity contribution >= 4 is 29.4 Å². The number of halogens is 1. The highest BCUT2D eigenvalue weighted by atomic mass is 35.5. The van der Waals surface area contributed by atoms with Gasteiger partial charge in [-0.1, -0.05) is 31.5 Å². The van der Waals surface area contributed by atoms with E-state index in [4.69, 9.17) is 40.0 Å². The summed E-state index contributed by atoms with van der Waals surface area (Å²) in [4.78, 5) is 33.5. The van der Waals surface area contributed by atoms with Crippen molar-refractivity contribution < 1.29 is 38.0 Å². The predicted molar refractivity (Wildman–Crippen MR) is 207 cm³/mol. The molecule has 1 N–H and O–H groups in total. The SMILES string of the molecule is CC(OC(=O)N1CCOCC1)OC(=O)C1(Nc2cccc(Cl)c2)CCC2(CC1)c1cc3c(cc1C[C@@H]2C[C@@H](C)COc1ccnc2c1[C@H](C)CCC2)OCO3. The highest BCUT2D eigenvalue weighted by Gasteiger charge is 2.55. The number of carbonyl (C=O) groups is 2. The summed E-state index contributed by atoms with van der Waals surface area (Å²) >= 11 is 6.42. The van der Waals surface area contributed by atoms with Crippen molar-refractivity contribution in [3.63, 3.8) is 0 Å². The quantitative estimate of drug-likeness (QED) is 0.160. The van der Waals surface area contributed by atoms with Crippen LogP contribution in [-0.2, 0) is 37.3 Å². The molecule has 2 aromatic carbocycles. The molecule has 1 saturated carbocycles. The van der Waals surface area contributed by atoms with Crippen LogP contribution < -0.4 is 19.5 Å². The molecule has 3 aromatic rings. The molecule has 0 radical (unpaired) electrons. The Morgan fingerprint density at radius 3 is 2.60 bits per heavy atom. The van der Waals surface area contributed by atoms with Crippen molar-refractivity contribution in [2.75, 3.05) is 45.0 Å². The largest absolute Gasteiger partial charge is 0.493 e. The van der Waals surface area contributed by atoms with Crippen LogP contribution >= 0.6 is 11.6 Å². The molecule has 4 atom stereocenters. The third-order valence-corrected chi connectivity index (χ3v) is 12.8. The molecule has 3 aliphatic carbocycles. The van der Waals surface area contributed by atoms with Crippen LogP contribution in [0.4, 0.5) is 10.5 Å². The number of hydrogen-bond acceptors (Lipinski definition) is 10. The van der Waals surface area contributed by atoms with Gasteiger partial charge in [0.2, 0.25) is 13.1 Å². The molecule has 11 nitrogen and oxygen atoms in total. The lowest BCUT2D eigenvalue weighted by atomic mass is 9.59. The van der Waals surface area contributed by atoms with Gasteiger partial charge in [0, 0.05) is 48.2 Å². The summed E-state index contributed by atoms with van der Waals surface area (Å²) in [6.07, 6.45) is 7.94. The van der Waals surface area contributed by atoms with Gasteiger partial charge in [-0.2, -0.15) is 0 Å². The van der Waals surface area contributed by atoms with Crippen molar-refractivity contribution in [2.45, 2.75) is 102 Å². The van der Waals surface area contributed by atoms with Gasteiger partial charge >= 0.3 is 12.1 Å². The van der Waals surface area contributed by atoms with Crippen molar-refractivity contribution in [1.82, 2.24) is 9.88 Å². The topological polar surface area (TPSA) is 118 Å². The summed E-state index contributed by atoms with van der Waals surface area (Å²) in [7, 11) is 0. The number of aryl methyl sites for hydroxylation is 1. The normalized spacial score (nSPS) is 26.4. The minimum Gasteiger partial charge on any atom is -0.493 e. The molecule has 55 heavy (non-hydrogen) atoms. The second kappa shape index (κ2) is 15.7. The lowest BCUT2D eigenvalue weighted by Gasteiger charge is -2.48. The minimum absolute atomic E-state index is 0.205. The Balaban J connectivity index is 1.03. The van der Waals surface area contributed by atoms with Gasteiger partial charge in [0.15, 0.2) is 11.5 Å². The molecule has 0 bridgehead atoms. The number of morpholine rings is 1. The molecule has 294 valence electrons. The summed E-state index contributed by atoms with van der Waals surface area (Å²) in [6.45, 7) is 8.73. The van der Waals surface area contributed by atoms with E-state index in [0.29, 0.717) is 62.6 Å². The number of nitrogens with one attached hydrogen (secondary N) is 1. The second-order valence-corrected chi connectivity index (χ2v) is 16.6. The maximum atomic E-state index is 14.4. The summed E-state index contributed by atoms with van der Waals surface area (Å²) in [5, 5.41) is 4.12. The number of benzene rings is 2. The van der Waals surface area contributed by atoms with Crippen LogP contribution in [0.15, 0.2) is 48.7 Å². The Bertz CT molecular complexity index is 1890. The fraction of sp³-hybridized carbons (Fsp3) is 0.558. The fourth-order valence-electron chi connectivity index (χ4n) is 9.73. The van der Waals surface area contributed by atoms with Crippen LogP contribution in [0.1, 0.15) is 94.0 Å². The summed E-state index contributed by atoms with van der Waals surface area (Å²) in [6, 6.07) is 13.8. The van der Waals surface area contributed by atoms with Crippen LogP contribution in [0.3, 0.4) is 0 Å². The summed E-state index contributed by atoms with van der Waals surface area (Å²) in [5.74, 6) is 3.11. The number of hydrogen-bond donors (Lipinski definition) is 1. The lowest BCUT2D eigenvalue weighted by Crippen LogP contribution is -2.54. The highest BCUT2D eigenvalue weighted by Crippen LogP contribution is 2.58. The van der Waals surface area contributed by atoms with E-state index in [1.807, 2.05) is 30.5 Å². The number of anilines is 1. The van der Waals surface area contributed by atoms with E-state index >= 15 is 0 Å². The zero-order valence-electron chi connectivity index (χ0n) is 32.1. The molecule has 8 rings (SSSR count). The Morgan fingerprint density at radius 2 is 1.82 bits per heavy atom. The molecule has 1 aromatic heterocycles. The first-order valence-electron chi connectivity index (χ1n) is 19.9. The van der Waals surface area contributed by atoms with Crippen molar-refractivity contribution in [3.8, 4) is 17.2 Å². The molecular formula is C43H52ClN3O8. The van der Waals surface area contributed by atoms with Crippen LogP contribution in [0.2, 0.25) is 5.02 Å². The van der Waals surface area contributed by atoms with Crippen LogP contribution in [0, 0.1) is 11.8 Å². The number of amides is 1. The van der Waals surface area contributed by atoms with Crippen molar-refractivity contribution in [1.29, 1.82) is 0 Å². The number of rotatable bonds is 10. The maximum absolute atomic E-state index is 14.4. The standard InChI is InChI=1S/C43H52ClN3O8/c1-27(25-51-36-10-15-45-35-9-4-6-28(2)39(35)36)20-31-21-30-22-37-38(53-26-52-37)24-34(30)42(31)11-13-43(14-12-42,46-33-8-5-7-32(44)23-33)40(48)54-29(3)55-41(49)47-16-18-50-19-17-47/h5,7-8,10,15,22-24,27-29,31,46H,4,6,9,11-14,16-21,25-26H2,1-3H3/t27-,28-,29?,31+,42?,43?/m1/s1. The van der Waals surface area contributed by atoms with E-state index in [1.165, 1.54) is 28.8 Å². The Morgan fingerprint density at radius 1 is 1.04 bits per heavy atom. The first-order chi connectivity index (χ1) is 26.6. The van der Waals surface area contributed by atoms with E-state index in [1.54, 1.807) is 17.9 Å². The van der Waals surface area contributed by atoms with Gasteiger partial charge in [-0.05, 0) is 128 Å². The smallest absolute Gasteiger partial charge is 0.413 e. The zero-order chi connectivity index (χ0) is 38.2. The fourth-order valence-corrected chi connectivity index (χ4v) is 9.92. The molecule has 1 unspecified atom stereocenters. The van der Waals surface area contributed by atoms with Crippen LogP contribution in [0.25, 0.3) is 0 Å². The number of fused-ring (bicyclic) bond motifs is 4. The molecule has 2 fully saturated rings. The third kappa shape index (κ3) is 7.66. The Hall–Kier alpha value is -4.22. The second-order valence-electron chi connectivity index (χ2n) is 16.2. The molecule has 1 saturated heterocycles. The Labute approximate surface area is 328 Å². The number of pyridine rings is 1. The molecule has 2 aliphatic heterocycles. The number of ether oxygens (including phenoxy) is 6. The maximum Gasteiger partial charge on any atom is 0.413 e. The summed E-state index contributed by atoms with van der Waals surface area (Å²) < 4.78 is 35.3. The average Bonchev–Trinajstić information content (AvgIpc) is 3.75. The number of carbonyl (C=O) groups excluding carboxylic acids is 2. The highest BCUT2D eigenvalue weighted by molar-refractivity contribution is 6.30. The van der Waals surface area contributed by atoms with E-state index in [9.17, 15) is 9.59 Å². The zero-order valence-corrected chi connectivity index (χ0v) is 32.8. The van der Waals surface area contributed by atoms with E-state index in [-0.39, 0.29) is 18.1 Å². The van der Waals surface area contributed by atoms with Crippen LogP contribution in [-0.4, -0.2) is 73.5 Å². The molecular weight excluding hydrogens is 722 g/mol. The number of esters is 1. The van der Waals surface area contributed by atoms with Gasteiger partial charge in [-0.25, -0.2) is 9.59 Å². The van der Waals surface area contributed by atoms with E-state index in [0.717, 1.165) is 61.5 Å². The lowest BCUT2D eigenvalue weighted by molar-refractivity contribution is -0.174. The van der Waals surface area contributed by atoms with Gasteiger partial charge < -0.3 is 38.6 Å².